The molecule has 2 rings (SSSR count). The molecule has 8 heteroatoms. The summed E-state index contributed by atoms with van der Waals surface area (Å²) in [5.41, 5.74) is 7.94. The Morgan fingerprint density at radius 2 is 2.14 bits per heavy atom. The molecule has 0 spiro atoms. The second-order valence-corrected chi connectivity index (χ2v) is 7.00. The Kier molecular flexibility index (Phi) is 12.1. The van der Waals surface area contributed by atoms with Crippen LogP contribution in [0.5, 0.6) is 0 Å². The van der Waals surface area contributed by atoms with Crippen LogP contribution in [0.15, 0.2) is 29.3 Å². The summed E-state index contributed by atoms with van der Waals surface area (Å²) in [6.07, 6.45) is 2.88. The Bertz CT molecular complexity index is 626. The zero-order valence-corrected chi connectivity index (χ0v) is 19.3. The molecule has 0 bridgehead atoms. The molecular formula is C20H34IN5O2. The molecule has 4 N–H and O–H groups in total. The van der Waals surface area contributed by atoms with Gasteiger partial charge in [0.1, 0.15) is 0 Å². The van der Waals surface area contributed by atoms with Crippen molar-refractivity contribution in [2.45, 2.75) is 32.4 Å². The van der Waals surface area contributed by atoms with Gasteiger partial charge in [-0.1, -0.05) is 24.3 Å². The first-order valence-electron chi connectivity index (χ1n) is 9.65. The first-order chi connectivity index (χ1) is 13.1. The summed E-state index contributed by atoms with van der Waals surface area (Å²) in [6, 6.07) is 8.53. The van der Waals surface area contributed by atoms with Crippen molar-refractivity contribution in [2.24, 2.45) is 16.6 Å². The smallest absolute Gasteiger partial charge is 0.221 e. The maximum absolute atomic E-state index is 11.5. The van der Waals surface area contributed by atoms with E-state index in [9.17, 15) is 4.79 Å². The van der Waals surface area contributed by atoms with Gasteiger partial charge in [0.15, 0.2) is 5.96 Å². The monoisotopic (exact) mass is 503 g/mol. The van der Waals surface area contributed by atoms with Crippen LogP contribution >= 0.6 is 24.0 Å². The average molecular weight is 503 g/mol. The van der Waals surface area contributed by atoms with Gasteiger partial charge >= 0.3 is 0 Å². The number of ether oxygens (including phenoxy) is 1. The van der Waals surface area contributed by atoms with Crippen LogP contribution in [0.3, 0.4) is 0 Å². The van der Waals surface area contributed by atoms with E-state index >= 15 is 0 Å². The number of hydrogen-bond acceptors (Lipinski definition) is 4. The van der Waals surface area contributed by atoms with Crippen molar-refractivity contribution in [3.8, 4) is 0 Å². The van der Waals surface area contributed by atoms with Crippen LogP contribution in [0, 0.1) is 5.92 Å². The number of nitrogens with zero attached hydrogens (tertiary/aromatic N) is 2. The van der Waals surface area contributed by atoms with Crippen LogP contribution < -0.4 is 16.4 Å². The van der Waals surface area contributed by atoms with Gasteiger partial charge < -0.3 is 21.1 Å². The molecule has 1 aliphatic heterocycles. The molecule has 0 radical (unpaired) electrons. The fraction of sp³-hybridized carbons (Fsp3) is 0.600. The minimum atomic E-state index is -0.179. The van der Waals surface area contributed by atoms with Crippen molar-refractivity contribution in [1.29, 1.82) is 0 Å². The minimum absolute atomic E-state index is 0. The molecule has 0 aliphatic carbocycles. The SMILES string of the molecule is CN=C(NCCCOC)NCc1cccc(CN2CCCC(C(N)=O)C2)c1.I. The molecule has 1 heterocycles. The number of hydrogen-bond donors (Lipinski definition) is 3. The summed E-state index contributed by atoms with van der Waals surface area (Å²) >= 11 is 0. The molecule has 1 amide bonds. The highest BCUT2D eigenvalue weighted by Crippen LogP contribution is 2.18. The zero-order chi connectivity index (χ0) is 19.5. The number of nitrogens with one attached hydrogen (secondary N) is 2. The number of benzene rings is 1. The molecule has 0 saturated carbocycles. The van der Waals surface area contributed by atoms with E-state index in [-0.39, 0.29) is 35.8 Å². The fourth-order valence-corrected chi connectivity index (χ4v) is 3.36. The van der Waals surface area contributed by atoms with E-state index in [0.717, 1.165) is 58.0 Å². The van der Waals surface area contributed by atoms with E-state index in [1.807, 2.05) is 0 Å². The quantitative estimate of drug-likeness (QED) is 0.207. The zero-order valence-electron chi connectivity index (χ0n) is 16.9. The normalized spacial score (nSPS) is 17.6. The predicted molar refractivity (Wildman–Crippen MR) is 124 cm³/mol. The van der Waals surface area contributed by atoms with Gasteiger partial charge in [-0.3, -0.25) is 14.7 Å². The Morgan fingerprint density at radius 1 is 1.36 bits per heavy atom. The van der Waals surface area contributed by atoms with Gasteiger partial charge in [0.05, 0.1) is 5.92 Å². The van der Waals surface area contributed by atoms with Crippen molar-refractivity contribution in [3.63, 3.8) is 0 Å². The van der Waals surface area contributed by atoms with Crippen LogP contribution in [-0.4, -0.2) is 57.2 Å². The number of primary amides is 1. The van der Waals surface area contributed by atoms with Gasteiger partial charge in [-0.25, -0.2) is 0 Å². The van der Waals surface area contributed by atoms with Crippen LogP contribution in [-0.2, 0) is 22.6 Å². The highest BCUT2D eigenvalue weighted by molar-refractivity contribution is 14.0. The van der Waals surface area contributed by atoms with E-state index in [2.05, 4.69) is 44.8 Å². The number of halogens is 1. The number of aliphatic imine (C=N–C) groups is 1. The fourth-order valence-electron chi connectivity index (χ4n) is 3.36. The van der Waals surface area contributed by atoms with E-state index in [1.54, 1.807) is 14.2 Å². The molecule has 1 aromatic rings. The van der Waals surface area contributed by atoms with Gasteiger partial charge in [0, 0.05) is 46.9 Å². The van der Waals surface area contributed by atoms with E-state index in [0.29, 0.717) is 6.54 Å². The lowest BCUT2D eigenvalue weighted by molar-refractivity contribution is -0.123. The lowest BCUT2D eigenvalue weighted by Crippen LogP contribution is -2.40. The molecule has 0 aromatic heterocycles. The first-order valence-corrected chi connectivity index (χ1v) is 9.65. The predicted octanol–water partition coefficient (Wildman–Crippen LogP) is 1.70. The minimum Gasteiger partial charge on any atom is -0.385 e. The Hall–Kier alpha value is -1.39. The standard InChI is InChI=1S/C20H33N5O2.HI/c1-22-20(23-9-5-11-27-2)24-13-16-6-3-7-17(12-16)14-25-10-4-8-18(15-25)19(21)26;/h3,6-7,12,18H,4-5,8-11,13-15H2,1-2H3,(H2,21,26)(H2,22,23,24);1H. The van der Waals surface area contributed by atoms with Crippen LogP contribution in [0.2, 0.25) is 0 Å². The number of rotatable bonds is 9. The third-order valence-electron chi connectivity index (χ3n) is 4.81. The average Bonchev–Trinajstić information content (AvgIpc) is 2.68. The van der Waals surface area contributed by atoms with Crippen LogP contribution in [0.1, 0.15) is 30.4 Å². The molecule has 1 unspecified atom stereocenters. The Balaban J connectivity index is 0.00000392. The molecular weight excluding hydrogens is 469 g/mol. The number of carbonyl (C=O) groups excluding carboxylic acids is 1. The van der Waals surface area contributed by atoms with Crippen molar-refractivity contribution >= 4 is 35.8 Å². The van der Waals surface area contributed by atoms with Gasteiger partial charge in [-0.15, -0.1) is 24.0 Å². The van der Waals surface area contributed by atoms with Crippen molar-refractivity contribution in [3.05, 3.63) is 35.4 Å². The Labute approximate surface area is 185 Å². The van der Waals surface area contributed by atoms with Gasteiger partial charge in [-0.05, 0) is 36.9 Å². The number of nitrogens with two attached hydrogens (primary N) is 1. The number of methoxy groups -OCH3 is 1. The number of carbonyl (C=O) groups is 1. The molecule has 28 heavy (non-hydrogen) atoms. The highest BCUT2D eigenvalue weighted by Gasteiger charge is 2.23. The number of amides is 1. The van der Waals surface area contributed by atoms with Gasteiger partial charge in [0.25, 0.3) is 0 Å². The third-order valence-corrected chi connectivity index (χ3v) is 4.81. The van der Waals surface area contributed by atoms with Crippen molar-refractivity contribution < 1.29 is 9.53 Å². The molecule has 158 valence electrons. The molecule has 1 fully saturated rings. The molecule has 1 aromatic carbocycles. The maximum Gasteiger partial charge on any atom is 0.221 e. The number of likely N-dealkylation sites (tertiary alicyclic amines) is 1. The summed E-state index contributed by atoms with van der Waals surface area (Å²) in [5, 5.41) is 6.62. The van der Waals surface area contributed by atoms with Crippen molar-refractivity contribution in [1.82, 2.24) is 15.5 Å². The summed E-state index contributed by atoms with van der Waals surface area (Å²) in [7, 11) is 3.48. The lowest BCUT2D eigenvalue weighted by Gasteiger charge is -2.31. The van der Waals surface area contributed by atoms with Crippen molar-refractivity contribution in [2.75, 3.05) is 40.4 Å². The molecule has 7 nitrogen and oxygen atoms in total. The second-order valence-electron chi connectivity index (χ2n) is 7.00. The summed E-state index contributed by atoms with van der Waals surface area (Å²) in [5.74, 6) is 0.593. The number of guanidine groups is 1. The summed E-state index contributed by atoms with van der Waals surface area (Å²) < 4.78 is 5.05. The highest BCUT2D eigenvalue weighted by atomic mass is 127. The van der Waals surface area contributed by atoms with Crippen LogP contribution in [0.4, 0.5) is 0 Å². The van der Waals surface area contributed by atoms with Gasteiger partial charge in [0.2, 0.25) is 5.91 Å². The maximum atomic E-state index is 11.5. The molecule has 1 atom stereocenters. The van der Waals surface area contributed by atoms with Crippen LogP contribution in [0.25, 0.3) is 0 Å². The Morgan fingerprint density at radius 3 is 2.86 bits per heavy atom. The molecule has 1 aliphatic rings. The topological polar surface area (TPSA) is 92.0 Å². The second kappa shape index (κ2) is 13.7. The first kappa shape index (κ1) is 24.6. The largest absolute Gasteiger partial charge is 0.385 e. The van der Waals surface area contributed by atoms with E-state index in [4.69, 9.17) is 10.5 Å². The third kappa shape index (κ3) is 8.74. The van der Waals surface area contributed by atoms with E-state index in [1.165, 1.54) is 11.1 Å². The van der Waals surface area contributed by atoms with Gasteiger partial charge in [-0.2, -0.15) is 0 Å². The summed E-state index contributed by atoms with van der Waals surface area (Å²) in [4.78, 5) is 18.0. The number of piperidine rings is 1. The lowest BCUT2D eigenvalue weighted by atomic mass is 9.97. The molecule has 1 saturated heterocycles. The van der Waals surface area contributed by atoms with E-state index < -0.39 is 0 Å². The summed E-state index contributed by atoms with van der Waals surface area (Å²) in [6.45, 7) is 4.89.